The van der Waals surface area contributed by atoms with Crippen LogP contribution in [0.15, 0.2) is 47.9 Å². The van der Waals surface area contributed by atoms with Gasteiger partial charge in [0.05, 0.1) is 4.90 Å². The van der Waals surface area contributed by atoms with Gasteiger partial charge in [0.2, 0.25) is 6.33 Å². The topological polar surface area (TPSA) is 87.1 Å². The van der Waals surface area contributed by atoms with Gasteiger partial charge in [0.1, 0.15) is 22.5 Å². The summed E-state index contributed by atoms with van der Waals surface area (Å²) in [6.07, 6.45) is 5.39. The van der Waals surface area contributed by atoms with E-state index < -0.39 is 10.1 Å². The van der Waals surface area contributed by atoms with Crippen molar-refractivity contribution in [2.45, 2.75) is 11.8 Å². The molecule has 0 aliphatic carbocycles. The number of aryl methyl sites for hydroxylation is 1. The third-order valence-electron chi connectivity index (χ3n) is 1.75. The Hall–Kier alpha value is -1.66. The van der Waals surface area contributed by atoms with Crippen molar-refractivity contribution in [1.82, 2.24) is 4.98 Å². The Bertz CT molecular complexity index is 486. The smallest absolute Gasteiger partial charge is 0.239 e. The van der Waals surface area contributed by atoms with Gasteiger partial charge in [0.25, 0.3) is 0 Å². The minimum atomic E-state index is -4.27. The average Bonchev–Trinajstić information content (AvgIpc) is 2.74. The lowest BCUT2D eigenvalue weighted by atomic mass is 10.2. The van der Waals surface area contributed by atoms with E-state index in [-0.39, 0.29) is 4.90 Å². The summed E-state index contributed by atoms with van der Waals surface area (Å²) in [4.78, 5) is 5.43. The van der Waals surface area contributed by atoms with Crippen molar-refractivity contribution in [1.29, 1.82) is 0 Å². The largest absolute Gasteiger partial charge is 0.744 e. The summed E-state index contributed by atoms with van der Waals surface area (Å²) in [5, 5.41) is 0. The molecule has 1 aromatic heterocycles. The van der Waals surface area contributed by atoms with E-state index in [1.807, 2.05) is 19.3 Å². The molecule has 1 aromatic carbocycles. The van der Waals surface area contributed by atoms with Crippen molar-refractivity contribution in [3.63, 3.8) is 0 Å². The summed E-state index contributed by atoms with van der Waals surface area (Å²) in [5.74, 6) is 0. The van der Waals surface area contributed by atoms with Crippen LogP contribution in [-0.2, 0) is 10.1 Å². The van der Waals surface area contributed by atoms with Crippen molar-refractivity contribution in [3.8, 4) is 0 Å². The van der Waals surface area contributed by atoms with E-state index in [1.165, 1.54) is 12.1 Å². The molecule has 16 heavy (non-hydrogen) atoms. The van der Waals surface area contributed by atoms with Crippen LogP contribution in [0.25, 0.3) is 0 Å². The predicted octanol–water partition coefficient (Wildman–Crippen LogP) is 0.728. The Kier molecular flexibility index (Phi) is 4.21. The quantitative estimate of drug-likeness (QED) is 0.745. The van der Waals surface area contributed by atoms with Crippen LogP contribution in [0.5, 0.6) is 0 Å². The third-order valence-corrected chi connectivity index (χ3v) is 2.60. The molecule has 86 valence electrons. The van der Waals surface area contributed by atoms with E-state index in [1.54, 1.807) is 18.5 Å². The number of nitrogens with one attached hydrogen (secondary N) is 2. The first-order valence-electron chi connectivity index (χ1n) is 4.51. The lowest BCUT2D eigenvalue weighted by Gasteiger charge is -2.05. The maximum absolute atomic E-state index is 10.4. The molecule has 2 aromatic rings. The molecule has 6 heteroatoms. The minimum Gasteiger partial charge on any atom is -0.744 e. The van der Waals surface area contributed by atoms with Crippen LogP contribution in [0.4, 0.5) is 0 Å². The number of hydrogen-bond acceptors (Lipinski definition) is 3. The summed E-state index contributed by atoms with van der Waals surface area (Å²) >= 11 is 0. The van der Waals surface area contributed by atoms with Gasteiger partial charge in [-0.05, 0) is 19.1 Å². The summed E-state index contributed by atoms with van der Waals surface area (Å²) < 4.78 is 31.2. The number of hydrogen-bond donors (Lipinski definition) is 1. The molecule has 0 bridgehead atoms. The van der Waals surface area contributed by atoms with Gasteiger partial charge < -0.3 is 4.55 Å². The van der Waals surface area contributed by atoms with Gasteiger partial charge in [-0.15, -0.1) is 0 Å². The first kappa shape index (κ1) is 12.4. The highest BCUT2D eigenvalue weighted by atomic mass is 32.2. The zero-order valence-electron chi connectivity index (χ0n) is 8.67. The van der Waals surface area contributed by atoms with E-state index in [0.29, 0.717) is 0 Å². The fraction of sp³-hybridized carbons (Fsp3) is 0.100. The second kappa shape index (κ2) is 5.43. The molecule has 0 fully saturated rings. The predicted molar refractivity (Wildman–Crippen MR) is 56.5 cm³/mol. The molecule has 0 aliphatic heterocycles. The number of rotatable bonds is 1. The van der Waals surface area contributed by atoms with Crippen LogP contribution in [0.3, 0.4) is 0 Å². The normalized spacial score (nSPS) is 10.4. The van der Waals surface area contributed by atoms with Gasteiger partial charge in [-0.1, -0.05) is 17.7 Å². The van der Waals surface area contributed by atoms with Crippen molar-refractivity contribution in [2.75, 3.05) is 0 Å². The second-order valence-corrected chi connectivity index (χ2v) is 4.46. The third kappa shape index (κ3) is 4.24. The van der Waals surface area contributed by atoms with Crippen LogP contribution in [0, 0.1) is 6.92 Å². The Morgan fingerprint density at radius 1 is 1.25 bits per heavy atom. The van der Waals surface area contributed by atoms with Crippen molar-refractivity contribution in [3.05, 3.63) is 48.5 Å². The maximum atomic E-state index is 10.4. The molecule has 0 saturated carbocycles. The number of imidazole rings is 1. The molecule has 5 nitrogen and oxygen atoms in total. The molecule has 1 heterocycles. The monoisotopic (exact) mass is 240 g/mol. The maximum Gasteiger partial charge on any atom is 0.239 e. The van der Waals surface area contributed by atoms with E-state index in [4.69, 9.17) is 0 Å². The zero-order valence-corrected chi connectivity index (χ0v) is 9.49. The van der Waals surface area contributed by atoms with Crippen LogP contribution >= 0.6 is 0 Å². The Balaban J connectivity index is 0.000000212. The first-order valence-corrected chi connectivity index (χ1v) is 5.92. The average molecular weight is 240 g/mol. The number of aromatic amines is 2. The lowest BCUT2D eigenvalue weighted by Crippen LogP contribution is -1.97. The van der Waals surface area contributed by atoms with Crippen molar-refractivity contribution < 1.29 is 18.0 Å². The highest BCUT2D eigenvalue weighted by molar-refractivity contribution is 7.85. The van der Waals surface area contributed by atoms with Crippen LogP contribution < -0.4 is 4.98 Å². The standard InChI is InChI=1S/C7H8O3S.C3H4N2/c1-6-2-4-7(5-3-6)11(8,9)10;1-2-5-3-4-1/h2-5H,1H3,(H,8,9,10);1-3H,(H,4,5). The lowest BCUT2D eigenvalue weighted by molar-refractivity contribution is -0.375. The molecule has 0 aliphatic rings. The van der Waals surface area contributed by atoms with E-state index >= 15 is 0 Å². The van der Waals surface area contributed by atoms with E-state index in [9.17, 15) is 13.0 Å². The Labute approximate surface area is 93.9 Å². The van der Waals surface area contributed by atoms with Crippen molar-refractivity contribution >= 4 is 10.1 Å². The molecule has 0 unspecified atom stereocenters. The molecule has 0 saturated heterocycles. The molecular formula is C10H12N2O3S. The second-order valence-electron chi connectivity index (χ2n) is 3.08. The fourth-order valence-corrected chi connectivity index (χ4v) is 1.41. The zero-order chi connectivity index (χ0) is 12.0. The summed E-state index contributed by atoms with van der Waals surface area (Å²) in [7, 11) is -4.27. The number of aromatic nitrogens is 2. The minimum absolute atomic E-state index is 0.178. The molecule has 0 amide bonds. The van der Waals surface area contributed by atoms with Crippen LogP contribution in [0.2, 0.25) is 0 Å². The number of H-pyrrole nitrogens is 2. The molecule has 0 spiro atoms. The van der Waals surface area contributed by atoms with E-state index in [2.05, 4.69) is 9.97 Å². The molecule has 0 radical (unpaired) electrons. The Morgan fingerprint density at radius 2 is 1.88 bits per heavy atom. The van der Waals surface area contributed by atoms with Crippen molar-refractivity contribution in [2.24, 2.45) is 0 Å². The summed E-state index contributed by atoms with van der Waals surface area (Å²) in [6, 6.07) is 5.78. The number of benzene rings is 1. The van der Waals surface area contributed by atoms with Gasteiger partial charge >= 0.3 is 0 Å². The molecule has 2 N–H and O–H groups in total. The molecule has 0 atom stereocenters. The van der Waals surface area contributed by atoms with Gasteiger partial charge in [-0.25, -0.2) is 8.42 Å². The van der Waals surface area contributed by atoms with Crippen LogP contribution in [0.1, 0.15) is 5.56 Å². The fourth-order valence-electron chi connectivity index (χ4n) is 0.945. The highest BCUT2D eigenvalue weighted by Crippen LogP contribution is 2.08. The Morgan fingerprint density at radius 3 is 2.19 bits per heavy atom. The SMILES string of the molecule is Cc1ccc(S(=O)(=O)[O-])cc1.c1c[nH+]c[nH]1. The van der Waals surface area contributed by atoms with Gasteiger partial charge in [0.15, 0.2) is 0 Å². The first-order chi connectivity index (χ1) is 7.50. The molecule has 2 rings (SSSR count). The van der Waals surface area contributed by atoms with Gasteiger partial charge in [0, 0.05) is 0 Å². The van der Waals surface area contributed by atoms with Crippen LogP contribution in [-0.4, -0.2) is 18.0 Å². The summed E-state index contributed by atoms with van der Waals surface area (Å²) in [6.45, 7) is 1.82. The summed E-state index contributed by atoms with van der Waals surface area (Å²) in [5.41, 5.74) is 0.928. The highest BCUT2D eigenvalue weighted by Gasteiger charge is 1.97. The van der Waals surface area contributed by atoms with Gasteiger partial charge in [-0.3, -0.25) is 9.97 Å². The molecular weight excluding hydrogens is 228 g/mol. The van der Waals surface area contributed by atoms with Gasteiger partial charge in [-0.2, -0.15) is 0 Å². The van der Waals surface area contributed by atoms with E-state index in [0.717, 1.165) is 5.56 Å².